The quantitative estimate of drug-likeness (QED) is 0.262. The number of β-lactam (4-membered cyclic amide) rings is 1. The molecule has 3 atom stereocenters. The van der Waals surface area contributed by atoms with Crippen molar-refractivity contribution >= 4 is 35.2 Å². The molecule has 0 radical (unpaired) electrons. The van der Waals surface area contributed by atoms with Gasteiger partial charge in [-0.1, -0.05) is 18.2 Å². The minimum Gasteiger partial charge on any atom is -0.484 e. The first-order valence-electron chi connectivity index (χ1n) is 10.4. The molecule has 2 unspecified atom stereocenters. The van der Waals surface area contributed by atoms with Crippen LogP contribution in [0.5, 0.6) is 5.75 Å². The van der Waals surface area contributed by atoms with Crippen LogP contribution in [0.4, 0.5) is 5.69 Å². The summed E-state index contributed by atoms with van der Waals surface area (Å²) in [4.78, 5) is 49.5. The summed E-state index contributed by atoms with van der Waals surface area (Å²) in [6, 6.07) is 12.8. The van der Waals surface area contributed by atoms with Crippen LogP contribution in [0.1, 0.15) is 12.5 Å². The van der Waals surface area contributed by atoms with Crippen molar-refractivity contribution in [3.8, 4) is 5.75 Å². The molecule has 1 N–H and O–H groups in total. The molecule has 0 spiro atoms. The molecular weight excluding hydrogens is 462 g/mol. The van der Waals surface area contributed by atoms with Crippen LogP contribution in [0.25, 0.3) is 0 Å². The number of nitrogens with one attached hydrogen (secondary N) is 1. The monoisotopic (exact) mass is 483 g/mol. The number of benzene rings is 2. The van der Waals surface area contributed by atoms with E-state index in [-0.39, 0.29) is 24.8 Å². The molecule has 1 fully saturated rings. The third kappa shape index (κ3) is 4.88. The number of amides is 2. The molecule has 2 aliphatic heterocycles. The first-order chi connectivity index (χ1) is 16.3. The number of nitro benzene ring substituents is 1. The van der Waals surface area contributed by atoms with E-state index in [1.807, 2.05) is 6.07 Å². The zero-order valence-corrected chi connectivity index (χ0v) is 18.9. The second-order valence-corrected chi connectivity index (χ2v) is 8.71. The molecule has 176 valence electrons. The van der Waals surface area contributed by atoms with Gasteiger partial charge in [0.05, 0.1) is 4.92 Å². The van der Waals surface area contributed by atoms with Gasteiger partial charge in [0.25, 0.3) is 11.6 Å². The molecule has 2 aliphatic rings. The van der Waals surface area contributed by atoms with Crippen molar-refractivity contribution in [3.05, 3.63) is 81.3 Å². The van der Waals surface area contributed by atoms with Crippen LogP contribution in [-0.2, 0) is 25.7 Å². The Morgan fingerprint density at radius 1 is 1.15 bits per heavy atom. The number of ether oxygens (including phenoxy) is 2. The summed E-state index contributed by atoms with van der Waals surface area (Å²) in [5, 5.41) is 14.8. The first kappa shape index (κ1) is 23.3. The van der Waals surface area contributed by atoms with Crippen LogP contribution in [0.2, 0.25) is 0 Å². The van der Waals surface area contributed by atoms with E-state index in [0.717, 1.165) is 0 Å². The van der Waals surface area contributed by atoms with Gasteiger partial charge in [0.1, 0.15) is 23.8 Å². The fraction of sp³-hybridized carbons (Fsp3) is 0.261. The highest BCUT2D eigenvalue weighted by molar-refractivity contribution is 8.02. The van der Waals surface area contributed by atoms with E-state index in [9.17, 15) is 24.5 Å². The Morgan fingerprint density at radius 2 is 1.85 bits per heavy atom. The van der Waals surface area contributed by atoms with Crippen molar-refractivity contribution in [2.45, 2.75) is 31.0 Å². The third-order valence-corrected chi connectivity index (χ3v) is 6.65. The molecule has 2 aromatic rings. The van der Waals surface area contributed by atoms with Crippen molar-refractivity contribution in [1.29, 1.82) is 0 Å². The third-order valence-electron chi connectivity index (χ3n) is 5.36. The van der Waals surface area contributed by atoms with Gasteiger partial charge >= 0.3 is 5.97 Å². The maximum Gasteiger partial charge on any atom is 0.333 e. The number of nitro groups is 1. The molecule has 2 amide bonds. The number of carbonyl (C=O) groups is 3. The maximum absolute atomic E-state index is 12.8. The molecule has 10 nitrogen and oxygen atoms in total. The number of carbonyl (C=O) groups excluding carboxylic acids is 3. The predicted octanol–water partition coefficient (Wildman–Crippen LogP) is 2.39. The Kier molecular flexibility index (Phi) is 6.82. The topological polar surface area (TPSA) is 128 Å². The van der Waals surface area contributed by atoms with E-state index in [0.29, 0.717) is 16.9 Å². The molecule has 0 saturated carbocycles. The molecule has 4 rings (SSSR count). The lowest BCUT2D eigenvalue weighted by Crippen LogP contribution is -2.74. The van der Waals surface area contributed by atoms with Crippen LogP contribution >= 0.6 is 11.8 Å². The van der Waals surface area contributed by atoms with E-state index in [1.54, 1.807) is 36.6 Å². The van der Waals surface area contributed by atoms with Gasteiger partial charge in [0, 0.05) is 12.1 Å². The molecule has 0 aliphatic carbocycles. The lowest BCUT2D eigenvalue weighted by Gasteiger charge is -2.51. The Hall–Kier alpha value is -3.86. The molecule has 2 heterocycles. The van der Waals surface area contributed by atoms with Gasteiger partial charge in [-0.2, -0.15) is 0 Å². The number of hydrogen-bond donors (Lipinski definition) is 1. The summed E-state index contributed by atoms with van der Waals surface area (Å²) >= 11 is 1.35. The molecule has 34 heavy (non-hydrogen) atoms. The number of fused-ring (bicyclic) bond motifs is 1. The van der Waals surface area contributed by atoms with Crippen molar-refractivity contribution in [1.82, 2.24) is 10.2 Å². The number of hydrogen-bond acceptors (Lipinski definition) is 8. The fourth-order valence-electron chi connectivity index (χ4n) is 3.63. The standard InChI is InChI=1S/C23H21N3O7S/c1-14-13-34-22-19(24-18(27)12-32-17-5-3-2-4-6-17)21(28)25(22)20(14)23(29)33-11-15-7-9-16(10-8-15)26(30)31/h2-10,13,19-20,22H,11-12H2,1H3,(H,24,27)/t19?,20?,22-/m0/s1. The summed E-state index contributed by atoms with van der Waals surface area (Å²) < 4.78 is 10.8. The largest absolute Gasteiger partial charge is 0.484 e. The minimum absolute atomic E-state index is 0.0607. The summed E-state index contributed by atoms with van der Waals surface area (Å²) in [7, 11) is 0. The molecule has 0 bridgehead atoms. The second-order valence-electron chi connectivity index (χ2n) is 7.71. The Labute approximate surface area is 199 Å². The number of thioether (sulfide) groups is 1. The summed E-state index contributed by atoms with van der Waals surface area (Å²) in [5.74, 6) is -0.884. The van der Waals surface area contributed by atoms with Crippen LogP contribution in [0.15, 0.2) is 65.6 Å². The highest BCUT2D eigenvalue weighted by Gasteiger charge is 2.55. The summed E-state index contributed by atoms with van der Waals surface area (Å²) in [6.45, 7) is 1.41. The van der Waals surface area contributed by atoms with Gasteiger partial charge in [-0.3, -0.25) is 19.7 Å². The highest BCUT2D eigenvalue weighted by Crippen LogP contribution is 2.40. The van der Waals surface area contributed by atoms with Crippen molar-refractivity contribution in [2.75, 3.05) is 6.61 Å². The molecule has 0 aromatic heterocycles. The minimum atomic E-state index is -0.898. The number of rotatable bonds is 8. The SMILES string of the molecule is CC1=CS[C@H]2C(NC(=O)COc3ccccc3)C(=O)N2C1C(=O)OCc1ccc([N+](=O)[O-])cc1. The molecular formula is C23H21N3O7S. The predicted molar refractivity (Wildman–Crippen MR) is 123 cm³/mol. The Morgan fingerprint density at radius 3 is 2.53 bits per heavy atom. The van der Waals surface area contributed by atoms with E-state index >= 15 is 0 Å². The van der Waals surface area contributed by atoms with E-state index in [4.69, 9.17) is 9.47 Å². The molecule has 2 aromatic carbocycles. The number of nitrogens with zero attached hydrogens (tertiary/aromatic N) is 2. The van der Waals surface area contributed by atoms with E-state index in [2.05, 4.69) is 5.32 Å². The zero-order valence-electron chi connectivity index (χ0n) is 18.1. The Bertz CT molecular complexity index is 1140. The number of non-ortho nitro benzene ring substituents is 1. The lowest BCUT2D eigenvalue weighted by atomic mass is 9.99. The van der Waals surface area contributed by atoms with Crippen LogP contribution in [0.3, 0.4) is 0 Å². The summed E-state index contributed by atoms with van der Waals surface area (Å²) in [6.07, 6.45) is 0. The van der Waals surface area contributed by atoms with Crippen LogP contribution in [0, 0.1) is 10.1 Å². The van der Waals surface area contributed by atoms with Crippen molar-refractivity contribution < 1.29 is 28.8 Å². The van der Waals surface area contributed by atoms with Gasteiger partial charge in [-0.05, 0) is 47.7 Å². The smallest absolute Gasteiger partial charge is 0.333 e. The highest BCUT2D eigenvalue weighted by atomic mass is 32.2. The summed E-state index contributed by atoms with van der Waals surface area (Å²) in [5.41, 5.74) is 1.18. The van der Waals surface area contributed by atoms with E-state index < -0.39 is 34.3 Å². The average molecular weight is 484 g/mol. The van der Waals surface area contributed by atoms with Gasteiger partial charge in [-0.25, -0.2) is 4.79 Å². The molecule has 1 saturated heterocycles. The second kappa shape index (κ2) is 9.96. The van der Waals surface area contributed by atoms with Crippen molar-refractivity contribution in [2.24, 2.45) is 0 Å². The number of esters is 1. The van der Waals surface area contributed by atoms with Crippen LogP contribution < -0.4 is 10.1 Å². The average Bonchev–Trinajstić information content (AvgIpc) is 2.85. The zero-order chi connectivity index (χ0) is 24.2. The number of para-hydroxylation sites is 1. The van der Waals surface area contributed by atoms with Gasteiger partial charge in [0.15, 0.2) is 12.6 Å². The normalized spacial score (nSPS) is 21.0. The maximum atomic E-state index is 12.8. The fourth-order valence-corrected chi connectivity index (χ4v) is 4.81. The van der Waals surface area contributed by atoms with Gasteiger partial charge in [-0.15, -0.1) is 11.8 Å². The molecule has 11 heteroatoms. The van der Waals surface area contributed by atoms with Gasteiger partial charge in [0.2, 0.25) is 5.91 Å². The van der Waals surface area contributed by atoms with Crippen molar-refractivity contribution in [3.63, 3.8) is 0 Å². The Balaban J connectivity index is 1.33. The lowest BCUT2D eigenvalue weighted by molar-refractivity contribution is -0.384. The van der Waals surface area contributed by atoms with E-state index in [1.165, 1.54) is 40.9 Å². The first-order valence-corrected chi connectivity index (χ1v) is 11.3. The van der Waals surface area contributed by atoms with Gasteiger partial charge < -0.3 is 19.7 Å². The van der Waals surface area contributed by atoms with Crippen LogP contribution in [-0.4, -0.2) is 51.7 Å².